The van der Waals surface area contributed by atoms with E-state index in [0.717, 1.165) is 12.1 Å². The number of hydrogen-bond acceptors (Lipinski definition) is 4. The molecule has 0 saturated carbocycles. The quantitative estimate of drug-likeness (QED) is 0.353. The van der Waals surface area contributed by atoms with Crippen molar-refractivity contribution in [2.24, 2.45) is 0 Å². The largest absolute Gasteiger partial charge is 0.492 e. The molecular weight excluding hydrogens is 178 g/mol. The third-order valence-corrected chi connectivity index (χ3v) is 1.14. The molecule has 0 unspecified atom stereocenters. The Hall–Kier alpha value is -2.27. The summed E-state index contributed by atoms with van der Waals surface area (Å²) in [5.74, 6) is -1.93. The van der Waals surface area contributed by atoms with E-state index >= 15 is 0 Å². The molecule has 0 atom stereocenters. The van der Waals surface area contributed by atoms with Gasteiger partial charge >= 0.3 is 12.2 Å². The summed E-state index contributed by atoms with van der Waals surface area (Å²) >= 11 is 0. The maximum atomic E-state index is 10.6. The number of rotatable bonds is 2. The van der Waals surface area contributed by atoms with Crippen LogP contribution in [0.25, 0.3) is 5.53 Å². The van der Waals surface area contributed by atoms with Crippen LogP contribution in [0.2, 0.25) is 0 Å². The molecule has 0 bridgehead atoms. The number of carbonyl (C=O) groups is 1. The second-order valence-electron chi connectivity index (χ2n) is 2.00. The van der Waals surface area contributed by atoms with E-state index in [4.69, 9.17) is 15.7 Å². The van der Waals surface area contributed by atoms with Gasteiger partial charge in [0.2, 0.25) is 11.8 Å². The van der Waals surface area contributed by atoms with Gasteiger partial charge in [0.25, 0.3) is 0 Å². The SMILES string of the molecule is [N-]=[N+]=CC(=O)On1c(O)ccc1O. The fraction of sp³-hybridized carbons (Fsp3) is 0. The lowest BCUT2D eigenvalue weighted by molar-refractivity contribution is -0.140. The van der Waals surface area contributed by atoms with E-state index < -0.39 is 17.7 Å². The van der Waals surface area contributed by atoms with Gasteiger partial charge in [-0.2, -0.15) is 4.79 Å². The fourth-order valence-corrected chi connectivity index (χ4v) is 0.656. The Balaban J connectivity index is 2.85. The molecule has 1 heterocycles. The first-order chi connectivity index (χ1) is 6.15. The van der Waals surface area contributed by atoms with Crippen molar-refractivity contribution in [2.45, 2.75) is 0 Å². The van der Waals surface area contributed by atoms with Gasteiger partial charge in [-0.15, -0.1) is 4.73 Å². The smallest absolute Gasteiger partial charge is 0.438 e. The van der Waals surface area contributed by atoms with Crippen LogP contribution in [-0.4, -0.2) is 31.9 Å². The summed E-state index contributed by atoms with van der Waals surface area (Å²) in [5, 5.41) is 17.9. The number of aromatic nitrogens is 1. The van der Waals surface area contributed by atoms with E-state index in [1.807, 2.05) is 0 Å². The summed E-state index contributed by atoms with van der Waals surface area (Å²) < 4.78 is 0.476. The molecule has 0 spiro atoms. The molecule has 2 N–H and O–H groups in total. The molecular formula is C6H5N3O4. The summed E-state index contributed by atoms with van der Waals surface area (Å²) in [5.41, 5.74) is 7.94. The standard InChI is InChI=1S/C6H5N3O4/c7-8-3-6(12)13-9-4(10)1-2-5(9)11/h1-3,10-11H. The van der Waals surface area contributed by atoms with Crippen LogP contribution in [0.1, 0.15) is 0 Å². The Labute approximate surface area is 72.0 Å². The van der Waals surface area contributed by atoms with Crippen molar-refractivity contribution in [3.8, 4) is 11.8 Å². The molecule has 1 aromatic rings. The van der Waals surface area contributed by atoms with Crippen LogP contribution in [0.15, 0.2) is 12.1 Å². The van der Waals surface area contributed by atoms with Gasteiger partial charge in [0, 0.05) is 12.1 Å². The fourth-order valence-electron chi connectivity index (χ4n) is 0.656. The van der Waals surface area contributed by atoms with Crippen molar-refractivity contribution in [3.05, 3.63) is 17.7 Å². The molecule has 7 nitrogen and oxygen atoms in total. The normalized spacial score (nSPS) is 8.92. The zero-order valence-electron chi connectivity index (χ0n) is 6.28. The number of carbonyl (C=O) groups excluding carboxylic acids is 1. The highest BCUT2D eigenvalue weighted by Crippen LogP contribution is 2.18. The minimum Gasteiger partial charge on any atom is -0.492 e. The van der Waals surface area contributed by atoms with Gasteiger partial charge in [0.15, 0.2) is 0 Å². The highest BCUT2D eigenvalue weighted by Gasteiger charge is 2.12. The summed E-state index contributed by atoms with van der Waals surface area (Å²) in [6, 6.07) is 2.25. The van der Waals surface area contributed by atoms with Crippen LogP contribution in [0.4, 0.5) is 0 Å². The molecule has 0 amide bonds. The molecule has 0 radical (unpaired) electrons. The minimum atomic E-state index is -1.04. The first kappa shape index (κ1) is 8.82. The molecule has 0 aliphatic rings. The number of aromatic hydroxyl groups is 2. The van der Waals surface area contributed by atoms with Crippen molar-refractivity contribution in [3.63, 3.8) is 0 Å². The number of nitrogens with zero attached hydrogens (tertiary/aromatic N) is 3. The van der Waals surface area contributed by atoms with Gasteiger partial charge in [0.05, 0.1) is 0 Å². The zero-order chi connectivity index (χ0) is 9.84. The molecule has 13 heavy (non-hydrogen) atoms. The molecule has 0 saturated heterocycles. The Morgan fingerprint density at radius 1 is 1.54 bits per heavy atom. The maximum absolute atomic E-state index is 10.6. The number of hydrogen-bond donors (Lipinski definition) is 2. The third-order valence-electron chi connectivity index (χ3n) is 1.14. The van der Waals surface area contributed by atoms with Crippen molar-refractivity contribution in [2.75, 3.05) is 0 Å². The monoisotopic (exact) mass is 183 g/mol. The van der Waals surface area contributed by atoms with E-state index in [9.17, 15) is 4.79 Å². The van der Waals surface area contributed by atoms with Crippen LogP contribution in [0, 0.1) is 0 Å². The van der Waals surface area contributed by atoms with Gasteiger partial charge in [-0.3, -0.25) is 0 Å². The first-order valence-electron chi connectivity index (χ1n) is 3.14. The summed E-state index contributed by atoms with van der Waals surface area (Å²) in [6.45, 7) is 0. The van der Waals surface area contributed by atoms with Gasteiger partial charge in [-0.05, 0) is 0 Å². The van der Waals surface area contributed by atoms with E-state index in [2.05, 4.69) is 9.63 Å². The molecule has 7 heteroatoms. The molecule has 1 aromatic heterocycles. The van der Waals surface area contributed by atoms with Crippen molar-refractivity contribution >= 4 is 12.2 Å². The van der Waals surface area contributed by atoms with Crippen LogP contribution in [0.3, 0.4) is 0 Å². The van der Waals surface area contributed by atoms with E-state index in [0.29, 0.717) is 10.9 Å². The molecule has 0 aromatic carbocycles. The molecule has 0 aliphatic carbocycles. The molecule has 1 rings (SSSR count). The second-order valence-corrected chi connectivity index (χ2v) is 2.00. The Morgan fingerprint density at radius 3 is 2.54 bits per heavy atom. The molecule has 68 valence electrons. The lowest BCUT2D eigenvalue weighted by atomic mass is 10.6. The van der Waals surface area contributed by atoms with Crippen molar-refractivity contribution in [1.29, 1.82) is 0 Å². The lowest BCUT2D eigenvalue weighted by Gasteiger charge is -2.01. The maximum Gasteiger partial charge on any atom is 0.438 e. The Morgan fingerprint density at radius 2 is 2.08 bits per heavy atom. The molecule has 0 aliphatic heterocycles. The lowest BCUT2D eigenvalue weighted by Crippen LogP contribution is -2.20. The predicted molar refractivity (Wildman–Crippen MR) is 39.0 cm³/mol. The van der Waals surface area contributed by atoms with Crippen LogP contribution >= 0.6 is 0 Å². The second kappa shape index (κ2) is 3.42. The van der Waals surface area contributed by atoms with Gasteiger partial charge in [-0.25, -0.2) is 4.79 Å². The van der Waals surface area contributed by atoms with Gasteiger partial charge < -0.3 is 20.6 Å². The van der Waals surface area contributed by atoms with Crippen LogP contribution < -0.4 is 4.84 Å². The summed E-state index contributed by atoms with van der Waals surface area (Å²) in [6.07, 6.45) is 0.471. The Kier molecular flexibility index (Phi) is 2.32. The summed E-state index contributed by atoms with van der Waals surface area (Å²) in [7, 11) is 0. The zero-order valence-corrected chi connectivity index (χ0v) is 6.28. The Bertz CT molecular complexity index is 358. The van der Waals surface area contributed by atoms with E-state index in [1.54, 1.807) is 0 Å². The first-order valence-corrected chi connectivity index (χ1v) is 3.14. The van der Waals surface area contributed by atoms with Crippen molar-refractivity contribution < 1.29 is 24.6 Å². The van der Waals surface area contributed by atoms with E-state index in [-0.39, 0.29) is 0 Å². The topological polar surface area (TPSA) is 108 Å². The average molecular weight is 183 g/mol. The minimum absolute atomic E-state index is 0.447. The van der Waals surface area contributed by atoms with Crippen LogP contribution in [-0.2, 0) is 4.79 Å². The summed E-state index contributed by atoms with van der Waals surface area (Å²) in [4.78, 5) is 17.4. The van der Waals surface area contributed by atoms with Crippen LogP contribution in [0.5, 0.6) is 11.8 Å². The average Bonchev–Trinajstić information content (AvgIpc) is 2.36. The van der Waals surface area contributed by atoms with Crippen molar-refractivity contribution in [1.82, 2.24) is 4.73 Å². The predicted octanol–water partition coefficient (Wildman–Crippen LogP) is -0.845. The highest BCUT2D eigenvalue weighted by atomic mass is 16.7. The molecule has 0 fully saturated rings. The van der Waals surface area contributed by atoms with Gasteiger partial charge in [0.1, 0.15) is 0 Å². The van der Waals surface area contributed by atoms with E-state index in [1.165, 1.54) is 0 Å². The van der Waals surface area contributed by atoms with Gasteiger partial charge in [-0.1, -0.05) is 0 Å². The third kappa shape index (κ3) is 1.85. The highest BCUT2D eigenvalue weighted by molar-refractivity contribution is 6.20.